The number of amides is 3. The second kappa shape index (κ2) is 15.0. The maximum Gasteiger partial charge on any atom is 0.411 e. The summed E-state index contributed by atoms with van der Waals surface area (Å²) in [5, 5.41) is 2.95. The first-order chi connectivity index (χ1) is 23.5. The molecule has 9 nitrogen and oxygen atoms in total. The van der Waals surface area contributed by atoms with Gasteiger partial charge in [0.25, 0.3) is 0 Å². The van der Waals surface area contributed by atoms with Crippen LogP contribution in [-0.4, -0.2) is 115 Å². The summed E-state index contributed by atoms with van der Waals surface area (Å²) in [6, 6.07) is 25.9. The van der Waals surface area contributed by atoms with Gasteiger partial charge in [-0.2, -0.15) is 0 Å². The number of fused-ring (bicyclic) bond motifs is 2. The van der Waals surface area contributed by atoms with Crippen LogP contribution in [0.4, 0.5) is 25.4 Å². The van der Waals surface area contributed by atoms with Crippen LogP contribution in [0.2, 0.25) is 0 Å². The SMILES string of the molecule is O=C(Nc1ccccc1-c1ccccc1)OC1CCN(CCCN2CCN(CCCN3C[C@H]4C[C@H]3CN4c3cccc(F)c3)C2=O)CC1. The molecule has 4 saturated heterocycles. The third-order valence-electron chi connectivity index (χ3n) is 10.5. The van der Waals surface area contributed by atoms with Crippen LogP contribution in [0.1, 0.15) is 32.1 Å². The Bertz CT molecular complexity index is 1550. The molecule has 0 aliphatic carbocycles. The Labute approximate surface area is 283 Å². The van der Waals surface area contributed by atoms with Gasteiger partial charge in [-0.05, 0) is 68.5 Å². The molecule has 0 radical (unpaired) electrons. The van der Waals surface area contributed by atoms with Crippen molar-refractivity contribution in [2.75, 3.05) is 75.7 Å². The number of likely N-dealkylation sites (tertiary alicyclic amines) is 2. The number of nitrogens with one attached hydrogen (secondary N) is 1. The van der Waals surface area contributed by atoms with Crippen LogP contribution in [0.25, 0.3) is 11.1 Å². The average Bonchev–Trinajstić information content (AvgIpc) is 3.81. The predicted molar refractivity (Wildman–Crippen MR) is 187 cm³/mol. The Balaban J connectivity index is 0.765. The van der Waals surface area contributed by atoms with Crippen LogP contribution in [-0.2, 0) is 4.74 Å². The first-order valence-electron chi connectivity index (χ1n) is 17.6. The van der Waals surface area contributed by atoms with Gasteiger partial charge in [0, 0.05) is 82.2 Å². The number of anilines is 2. The molecule has 0 aromatic heterocycles. The molecule has 0 saturated carbocycles. The highest BCUT2D eigenvalue weighted by molar-refractivity contribution is 5.91. The van der Waals surface area contributed by atoms with Gasteiger partial charge in [-0.3, -0.25) is 10.2 Å². The molecule has 3 aromatic rings. The molecule has 2 atom stereocenters. The molecule has 7 rings (SSSR count). The third kappa shape index (κ3) is 7.60. The Morgan fingerprint density at radius 2 is 1.52 bits per heavy atom. The number of carbonyl (C=O) groups is 2. The molecule has 4 fully saturated rings. The minimum absolute atomic E-state index is 0.0954. The zero-order chi connectivity index (χ0) is 32.9. The van der Waals surface area contributed by atoms with Crippen molar-refractivity contribution in [1.82, 2.24) is 19.6 Å². The normalized spacial score (nSPS) is 21.8. The fourth-order valence-electron chi connectivity index (χ4n) is 7.99. The lowest BCUT2D eigenvalue weighted by Crippen LogP contribution is -2.47. The van der Waals surface area contributed by atoms with E-state index in [1.165, 1.54) is 6.07 Å². The van der Waals surface area contributed by atoms with Crippen molar-refractivity contribution in [2.45, 2.75) is 50.3 Å². The van der Waals surface area contributed by atoms with Gasteiger partial charge in [0.05, 0.1) is 5.69 Å². The van der Waals surface area contributed by atoms with E-state index >= 15 is 0 Å². The van der Waals surface area contributed by atoms with Crippen molar-refractivity contribution >= 4 is 23.5 Å². The van der Waals surface area contributed by atoms with Gasteiger partial charge in [-0.1, -0.05) is 54.6 Å². The summed E-state index contributed by atoms with van der Waals surface area (Å²) < 4.78 is 19.5. The van der Waals surface area contributed by atoms with Gasteiger partial charge in [0.15, 0.2) is 0 Å². The summed E-state index contributed by atoms with van der Waals surface area (Å²) in [4.78, 5) is 37.2. The van der Waals surface area contributed by atoms with E-state index < -0.39 is 6.09 Å². The highest BCUT2D eigenvalue weighted by atomic mass is 19.1. The van der Waals surface area contributed by atoms with Crippen LogP contribution in [0.3, 0.4) is 0 Å². The molecule has 254 valence electrons. The van der Waals surface area contributed by atoms with E-state index in [1.807, 2.05) is 70.5 Å². The predicted octanol–water partition coefficient (Wildman–Crippen LogP) is 5.99. The van der Waals surface area contributed by atoms with Crippen molar-refractivity contribution in [2.24, 2.45) is 0 Å². The number of rotatable bonds is 12. The number of para-hydroxylation sites is 1. The number of hydrogen-bond donors (Lipinski definition) is 1. The lowest BCUT2D eigenvalue weighted by atomic mass is 10.0. The van der Waals surface area contributed by atoms with Gasteiger partial charge in [-0.25, -0.2) is 14.0 Å². The summed E-state index contributed by atoms with van der Waals surface area (Å²) in [5.41, 5.74) is 3.75. The molecule has 10 heteroatoms. The van der Waals surface area contributed by atoms with Crippen LogP contribution < -0.4 is 10.2 Å². The van der Waals surface area contributed by atoms with E-state index in [9.17, 15) is 14.0 Å². The van der Waals surface area contributed by atoms with Crippen molar-refractivity contribution in [3.8, 4) is 11.1 Å². The smallest absolute Gasteiger partial charge is 0.411 e. The molecule has 4 heterocycles. The monoisotopic (exact) mass is 654 g/mol. The molecular weight excluding hydrogens is 607 g/mol. The Morgan fingerprint density at radius 3 is 2.25 bits per heavy atom. The third-order valence-corrected chi connectivity index (χ3v) is 10.5. The number of urea groups is 1. The Morgan fingerprint density at radius 1 is 0.792 bits per heavy atom. The van der Waals surface area contributed by atoms with Crippen LogP contribution in [0.15, 0.2) is 78.9 Å². The van der Waals surface area contributed by atoms with E-state index in [4.69, 9.17) is 4.74 Å². The molecule has 3 amide bonds. The second-order valence-electron chi connectivity index (χ2n) is 13.6. The van der Waals surface area contributed by atoms with E-state index in [0.29, 0.717) is 12.1 Å². The summed E-state index contributed by atoms with van der Waals surface area (Å²) in [6.07, 6.45) is 4.18. The standard InChI is InChI=1S/C38H47FN6O3/c39-30-11-6-12-31(25-30)45-28-32-26-33(45)27-44(32)20-8-19-43-24-23-42(38(43)47)18-7-17-41-21-15-34(16-22-41)48-37(46)40-36-14-5-4-13-35(36)29-9-2-1-3-10-29/h1-6,9-14,25,32-34H,7-8,15-24,26-28H2,(H,40,46)/t32-,33+/m0/s1. The summed E-state index contributed by atoms with van der Waals surface area (Å²) in [7, 11) is 0. The fourth-order valence-corrected chi connectivity index (χ4v) is 7.99. The summed E-state index contributed by atoms with van der Waals surface area (Å²) >= 11 is 0. The number of carbonyl (C=O) groups excluding carboxylic acids is 2. The average molecular weight is 655 g/mol. The van der Waals surface area contributed by atoms with Gasteiger partial charge in [0.2, 0.25) is 0 Å². The second-order valence-corrected chi connectivity index (χ2v) is 13.6. The number of ether oxygens (including phenoxy) is 1. The molecular formula is C38H47FN6O3. The molecule has 0 unspecified atom stereocenters. The van der Waals surface area contributed by atoms with Gasteiger partial charge < -0.3 is 24.3 Å². The molecule has 3 aromatic carbocycles. The van der Waals surface area contributed by atoms with Crippen LogP contribution >= 0.6 is 0 Å². The van der Waals surface area contributed by atoms with E-state index in [0.717, 1.165) is 120 Å². The number of hydrogen-bond acceptors (Lipinski definition) is 6. The molecule has 2 bridgehead atoms. The first-order valence-corrected chi connectivity index (χ1v) is 17.6. The van der Waals surface area contributed by atoms with Gasteiger partial charge in [0.1, 0.15) is 11.9 Å². The van der Waals surface area contributed by atoms with E-state index in [2.05, 4.69) is 20.0 Å². The zero-order valence-electron chi connectivity index (χ0n) is 27.7. The molecule has 4 aliphatic rings. The van der Waals surface area contributed by atoms with E-state index in [-0.39, 0.29) is 18.0 Å². The van der Waals surface area contributed by atoms with Gasteiger partial charge >= 0.3 is 12.1 Å². The largest absolute Gasteiger partial charge is 0.446 e. The highest BCUT2D eigenvalue weighted by Crippen LogP contribution is 2.35. The quantitative estimate of drug-likeness (QED) is 0.259. The fraction of sp³-hybridized carbons (Fsp3) is 0.474. The Hall–Kier alpha value is -4.15. The number of piperazine rings is 1. The van der Waals surface area contributed by atoms with Crippen molar-refractivity contribution in [3.63, 3.8) is 0 Å². The van der Waals surface area contributed by atoms with Crippen molar-refractivity contribution in [1.29, 1.82) is 0 Å². The zero-order valence-corrected chi connectivity index (χ0v) is 27.7. The minimum Gasteiger partial charge on any atom is -0.446 e. The lowest BCUT2D eigenvalue weighted by molar-refractivity contribution is 0.0581. The summed E-state index contributed by atoms with van der Waals surface area (Å²) in [6.45, 7) is 8.87. The maximum atomic E-state index is 13.7. The van der Waals surface area contributed by atoms with Crippen molar-refractivity contribution in [3.05, 3.63) is 84.7 Å². The molecule has 4 aliphatic heterocycles. The number of nitrogens with zero attached hydrogens (tertiary/aromatic N) is 5. The van der Waals surface area contributed by atoms with Crippen LogP contribution in [0, 0.1) is 5.82 Å². The molecule has 0 spiro atoms. The highest BCUT2D eigenvalue weighted by Gasteiger charge is 2.43. The maximum absolute atomic E-state index is 13.7. The van der Waals surface area contributed by atoms with Crippen molar-refractivity contribution < 1.29 is 18.7 Å². The molecule has 48 heavy (non-hydrogen) atoms. The topological polar surface area (TPSA) is 71.6 Å². The number of halogens is 1. The summed E-state index contributed by atoms with van der Waals surface area (Å²) in [5.74, 6) is -0.174. The van der Waals surface area contributed by atoms with Gasteiger partial charge in [-0.15, -0.1) is 0 Å². The van der Waals surface area contributed by atoms with E-state index in [1.54, 1.807) is 12.1 Å². The number of piperidine rings is 1. The first kappa shape index (κ1) is 32.4. The minimum atomic E-state index is -0.408. The number of benzene rings is 3. The van der Waals surface area contributed by atoms with Crippen LogP contribution in [0.5, 0.6) is 0 Å². The Kier molecular flexibility index (Phi) is 10.1. The molecule has 1 N–H and O–H groups in total. The lowest BCUT2D eigenvalue weighted by Gasteiger charge is -2.35.